The Kier molecular flexibility index (Phi) is 5.57. The van der Waals surface area contributed by atoms with Gasteiger partial charge in [-0.2, -0.15) is 0 Å². The van der Waals surface area contributed by atoms with Gasteiger partial charge in [0.25, 0.3) is 0 Å². The summed E-state index contributed by atoms with van der Waals surface area (Å²) in [6.45, 7) is 0. The third-order valence-electron chi connectivity index (χ3n) is 9.44. The van der Waals surface area contributed by atoms with Gasteiger partial charge in [-0.25, -0.2) is 9.97 Å². The summed E-state index contributed by atoms with van der Waals surface area (Å²) < 4.78 is 6.22. The van der Waals surface area contributed by atoms with E-state index >= 15 is 0 Å². The zero-order chi connectivity index (χ0) is 30.9. The zero-order valence-corrected chi connectivity index (χ0v) is 25.3. The van der Waals surface area contributed by atoms with Gasteiger partial charge in [0.2, 0.25) is 0 Å². The van der Waals surface area contributed by atoms with Crippen LogP contribution in [0.2, 0.25) is 0 Å². The van der Waals surface area contributed by atoms with Crippen LogP contribution in [0.1, 0.15) is 0 Å². The number of benzene rings is 8. The van der Waals surface area contributed by atoms with Crippen molar-refractivity contribution >= 4 is 65.3 Å². The van der Waals surface area contributed by atoms with Gasteiger partial charge >= 0.3 is 0 Å². The molecular weight excluding hydrogens is 572 g/mol. The Morgan fingerprint density at radius 3 is 1.74 bits per heavy atom. The Balaban J connectivity index is 1.17. The molecule has 0 unspecified atom stereocenters. The first kappa shape index (κ1) is 26.0. The quantitative estimate of drug-likeness (QED) is 0.190. The van der Waals surface area contributed by atoms with E-state index in [1.54, 1.807) is 0 Å². The largest absolute Gasteiger partial charge is 0.456 e. The fourth-order valence-electron chi connectivity index (χ4n) is 7.19. The maximum absolute atomic E-state index is 6.22. The van der Waals surface area contributed by atoms with Crippen molar-refractivity contribution in [3.63, 3.8) is 0 Å². The van der Waals surface area contributed by atoms with Gasteiger partial charge in [-0.3, -0.25) is 0 Å². The van der Waals surface area contributed by atoms with Crippen molar-refractivity contribution in [3.05, 3.63) is 158 Å². The van der Waals surface area contributed by atoms with E-state index in [-0.39, 0.29) is 0 Å². The van der Waals surface area contributed by atoms with Gasteiger partial charge in [-0.05, 0) is 79.8 Å². The molecule has 0 fully saturated rings. The van der Waals surface area contributed by atoms with E-state index in [0.29, 0.717) is 0 Å². The average molecular weight is 599 g/mol. The van der Waals surface area contributed by atoms with Crippen LogP contribution in [0.15, 0.2) is 162 Å². The van der Waals surface area contributed by atoms with Crippen molar-refractivity contribution in [2.24, 2.45) is 0 Å². The minimum Gasteiger partial charge on any atom is -0.456 e. The van der Waals surface area contributed by atoms with Crippen LogP contribution in [-0.4, -0.2) is 9.97 Å². The van der Waals surface area contributed by atoms with Gasteiger partial charge in [-0.1, -0.05) is 121 Å². The first-order valence-corrected chi connectivity index (χ1v) is 15.9. The predicted octanol–water partition coefficient (Wildman–Crippen LogP) is 12.0. The first-order chi connectivity index (χ1) is 23.3. The highest BCUT2D eigenvalue weighted by molar-refractivity contribution is 6.28. The Bertz CT molecular complexity index is 2830. The fraction of sp³-hybridized carbons (Fsp3) is 0. The number of fused-ring (bicyclic) bond motifs is 10. The molecule has 0 aliphatic heterocycles. The molecule has 2 heterocycles. The summed E-state index contributed by atoms with van der Waals surface area (Å²) >= 11 is 0. The number of aromatic nitrogens is 2. The van der Waals surface area contributed by atoms with E-state index in [1.807, 2.05) is 42.5 Å². The molecule has 0 aliphatic rings. The molecule has 0 bridgehead atoms. The lowest BCUT2D eigenvalue weighted by Crippen LogP contribution is -1.96. The molecule has 3 nitrogen and oxygen atoms in total. The van der Waals surface area contributed by atoms with Crippen LogP contribution in [0, 0.1) is 0 Å². The summed E-state index contributed by atoms with van der Waals surface area (Å²) in [7, 11) is 0. The van der Waals surface area contributed by atoms with Gasteiger partial charge in [0.05, 0.1) is 22.4 Å². The van der Waals surface area contributed by atoms with Crippen LogP contribution < -0.4 is 0 Å². The molecule has 0 amide bonds. The lowest BCUT2D eigenvalue weighted by Gasteiger charge is -2.13. The number of hydrogen-bond acceptors (Lipinski definition) is 3. The van der Waals surface area contributed by atoms with E-state index in [1.165, 1.54) is 48.8 Å². The smallest absolute Gasteiger partial charge is 0.136 e. The van der Waals surface area contributed by atoms with Gasteiger partial charge in [0, 0.05) is 21.9 Å². The summed E-state index contributed by atoms with van der Waals surface area (Å²) in [5.41, 5.74) is 9.81. The molecule has 0 radical (unpaired) electrons. The summed E-state index contributed by atoms with van der Waals surface area (Å²) in [6, 6.07) is 55.5. The second-order valence-electron chi connectivity index (χ2n) is 12.2. The van der Waals surface area contributed by atoms with E-state index < -0.39 is 0 Å². The molecular formula is C44H26N2O. The highest BCUT2D eigenvalue weighted by Crippen LogP contribution is 2.41. The Hall–Kier alpha value is -6.32. The normalized spacial score (nSPS) is 11.8. The summed E-state index contributed by atoms with van der Waals surface area (Å²) in [4.78, 5) is 10.4. The van der Waals surface area contributed by atoms with E-state index in [0.717, 1.165) is 50.1 Å². The number of para-hydroxylation sites is 3. The molecule has 0 N–H and O–H groups in total. The number of rotatable bonds is 3. The van der Waals surface area contributed by atoms with Gasteiger partial charge in [0.15, 0.2) is 0 Å². The van der Waals surface area contributed by atoms with Crippen LogP contribution in [0.3, 0.4) is 0 Å². The number of nitrogens with zero attached hydrogens (tertiary/aromatic N) is 2. The second-order valence-corrected chi connectivity index (χ2v) is 12.2. The molecule has 0 saturated heterocycles. The van der Waals surface area contributed by atoms with Crippen molar-refractivity contribution in [2.45, 2.75) is 0 Å². The third kappa shape index (κ3) is 4.07. The third-order valence-corrected chi connectivity index (χ3v) is 9.44. The molecule has 10 rings (SSSR count). The van der Waals surface area contributed by atoms with Gasteiger partial charge < -0.3 is 4.42 Å². The summed E-state index contributed by atoms with van der Waals surface area (Å²) in [6.07, 6.45) is 0. The Morgan fingerprint density at radius 2 is 0.915 bits per heavy atom. The predicted molar refractivity (Wildman–Crippen MR) is 196 cm³/mol. The fourth-order valence-corrected chi connectivity index (χ4v) is 7.19. The molecule has 8 aromatic carbocycles. The van der Waals surface area contributed by atoms with Crippen LogP contribution in [0.5, 0.6) is 0 Å². The van der Waals surface area contributed by atoms with Crippen molar-refractivity contribution in [1.29, 1.82) is 0 Å². The van der Waals surface area contributed by atoms with E-state index in [2.05, 4.69) is 115 Å². The van der Waals surface area contributed by atoms with Gasteiger partial charge in [-0.15, -0.1) is 0 Å². The van der Waals surface area contributed by atoms with Gasteiger partial charge in [0.1, 0.15) is 11.2 Å². The van der Waals surface area contributed by atoms with Crippen LogP contribution >= 0.6 is 0 Å². The maximum Gasteiger partial charge on any atom is 0.136 e. The molecule has 0 atom stereocenters. The maximum atomic E-state index is 6.22. The minimum absolute atomic E-state index is 0.877. The van der Waals surface area contributed by atoms with E-state index in [9.17, 15) is 0 Å². The molecule has 10 aromatic rings. The van der Waals surface area contributed by atoms with Crippen LogP contribution in [0.4, 0.5) is 0 Å². The van der Waals surface area contributed by atoms with Crippen LogP contribution in [-0.2, 0) is 0 Å². The second kappa shape index (κ2) is 10.1. The molecule has 2 aromatic heterocycles. The molecule has 0 saturated carbocycles. The molecule has 47 heavy (non-hydrogen) atoms. The lowest BCUT2D eigenvalue weighted by molar-refractivity contribution is 0.669. The Morgan fingerprint density at radius 1 is 0.340 bits per heavy atom. The highest BCUT2D eigenvalue weighted by Gasteiger charge is 2.17. The standard InChI is InChI=1S/C44H26N2O/c1-2-8-27(9-3-1)28-14-17-30(18-15-28)43-44(46-38-12-6-5-11-37(38)45-43)32-21-22-33-31(26-32)19-16-29-20-23-35-34(41(29)33)24-25-40-42(35)36-10-4-7-13-39(36)47-40/h1-26H. The number of furan rings is 1. The molecule has 0 aliphatic carbocycles. The average Bonchev–Trinajstić information content (AvgIpc) is 3.53. The van der Waals surface area contributed by atoms with Crippen molar-refractivity contribution in [2.75, 3.05) is 0 Å². The van der Waals surface area contributed by atoms with Crippen molar-refractivity contribution in [1.82, 2.24) is 9.97 Å². The minimum atomic E-state index is 0.877. The monoisotopic (exact) mass is 598 g/mol. The summed E-state index contributed by atoms with van der Waals surface area (Å²) in [5, 5.41) is 9.60. The van der Waals surface area contributed by atoms with Crippen molar-refractivity contribution in [3.8, 4) is 33.6 Å². The van der Waals surface area contributed by atoms with Crippen molar-refractivity contribution < 1.29 is 4.42 Å². The Labute approximate surface area is 270 Å². The topological polar surface area (TPSA) is 38.9 Å². The number of hydrogen-bond donors (Lipinski definition) is 0. The molecule has 3 heteroatoms. The van der Waals surface area contributed by atoms with E-state index in [4.69, 9.17) is 14.4 Å². The SMILES string of the molecule is c1ccc(-c2ccc(-c3nc4ccccc4nc3-c3ccc4c(ccc5ccc6c(ccc7oc8ccccc8c76)c54)c3)cc2)cc1. The summed E-state index contributed by atoms with van der Waals surface area (Å²) in [5.74, 6) is 0. The zero-order valence-electron chi connectivity index (χ0n) is 25.3. The molecule has 218 valence electrons. The lowest BCUT2D eigenvalue weighted by atomic mass is 9.93. The molecule has 0 spiro atoms. The first-order valence-electron chi connectivity index (χ1n) is 15.9. The van der Waals surface area contributed by atoms with Crippen LogP contribution in [0.25, 0.3) is 98.9 Å². The highest BCUT2D eigenvalue weighted by atomic mass is 16.3.